The molecule has 1 fully saturated rings. The number of urea groups is 1. The van der Waals surface area contributed by atoms with Crippen LogP contribution in [0.1, 0.15) is 12.8 Å². The maximum Gasteiger partial charge on any atom is 0.321 e. The van der Waals surface area contributed by atoms with Gasteiger partial charge in [0.05, 0.1) is 16.8 Å². The lowest BCUT2D eigenvalue weighted by Gasteiger charge is -2.30. The number of likely N-dealkylation sites (tertiary alicyclic amines) is 1. The Morgan fingerprint density at radius 3 is 3.05 bits per heavy atom. The molecule has 2 amide bonds. The molecule has 0 spiro atoms. The molecule has 0 saturated carbocycles. The second-order valence-electron chi connectivity index (χ2n) is 4.49. The van der Waals surface area contributed by atoms with Crippen LogP contribution in [-0.4, -0.2) is 41.5 Å². The van der Waals surface area contributed by atoms with E-state index >= 15 is 0 Å². The summed E-state index contributed by atoms with van der Waals surface area (Å²) < 4.78 is 0. The molecule has 1 heterocycles. The summed E-state index contributed by atoms with van der Waals surface area (Å²) in [6.07, 6.45) is 3.09. The van der Waals surface area contributed by atoms with E-state index in [1.165, 1.54) is 11.8 Å². The number of β-amino-alcohol motifs (C(OH)–C–C–N with tert-alkyl or cyclic N) is 1. The summed E-state index contributed by atoms with van der Waals surface area (Å²) in [6.45, 7) is 1.07. The third kappa shape index (κ3) is 3.55. The molecular weight excluding hydrogens is 284 g/mol. The number of piperidine rings is 1. The fraction of sp³-hybridized carbons (Fsp3) is 0.462. The lowest BCUT2D eigenvalue weighted by molar-refractivity contribution is 0.0883. The SMILES string of the molecule is CSc1c(Cl)cccc1NC(=O)N1CCC[C@@H](O)C1. The summed E-state index contributed by atoms with van der Waals surface area (Å²) in [7, 11) is 0. The van der Waals surface area contributed by atoms with Crippen LogP contribution in [0.2, 0.25) is 5.02 Å². The van der Waals surface area contributed by atoms with Gasteiger partial charge in [0.2, 0.25) is 0 Å². The Bertz CT molecular complexity index is 470. The number of carbonyl (C=O) groups excluding carboxylic acids is 1. The van der Waals surface area contributed by atoms with E-state index in [2.05, 4.69) is 5.32 Å². The van der Waals surface area contributed by atoms with Gasteiger partial charge in [0.15, 0.2) is 0 Å². The summed E-state index contributed by atoms with van der Waals surface area (Å²) in [6, 6.07) is 5.25. The predicted molar refractivity (Wildman–Crippen MR) is 79.1 cm³/mol. The summed E-state index contributed by atoms with van der Waals surface area (Å²) in [5, 5.41) is 13.1. The first-order valence-electron chi connectivity index (χ1n) is 6.18. The topological polar surface area (TPSA) is 52.6 Å². The Balaban J connectivity index is 2.08. The molecule has 0 bridgehead atoms. The van der Waals surface area contributed by atoms with Gasteiger partial charge in [-0.15, -0.1) is 11.8 Å². The molecule has 0 radical (unpaired) electrons. The molecule has 1 aromatic rings. The van der Waals surface area contributed by atoms with Crippen LogP contribution in [0.4, 0.5) is 10.5 Å². The zero-order valence-electron chi connectivity index (χ0n) is 10.7. The minimum Gasteiger partial charge on any atom is -0.391 e. The van der Waals surface area contributed by atoms with Crippen molar-refractivity contribution in [2.24, 2.45) is 0 Å². The number of benzene rings is 1. The first kappa shape index (κ1) is 14.5. The Kier molecular flexibility index (Phi) is 4.96. The van der Waals surface area contributed by atoms with Crippen LogP contribution in [-0.2, 0) is 0 Å². The average molecular weight is 301 g/mol. The van der Waals surface area contributed by atoms with Crippen molar-refractivity contribution in [2.45, 2.75) is 23.8 Å². The molecule has 1 aliphatic rings. The van der Waals surface area contributed by atoms with E-state index in [9.17, 15) is 9.90 Å². The number of hydrogen-bond donors (Lipinski definition) is 2. The number of nitrogens with one attached hydrogen (secondary N) is 1. The molecule has 1 atom stereocenters. The van der Waals surface area contributed by atoms with Crippen LogP contribution >= 0.6 is 23.4 Å². The first-order chi connectivity index (χ1) is 9.11. The van der Waals surface area contributed by atoms with Crippen LogP contribution in [0.25, 0.3) is 0 Å². The second-order valence-corrected chi connectivity index (χ2v) is 5.72. The minimum atomic E-state index is -0.418. The quantitative estimate of drug-likeness (QED) is 0.825. The van der Waals surface area contributed by atoms with E-state index in [0.717, 1.165) is 17.7 Å². The molecule has 1 aliphatic heterocycles. The largest absolute Gasteiger partial charge is 0.391 e. The Labute approximate surface area is 122 Å². The average Bonchev–Trinajstić information content (AvgIpc) is 2.39. The molecule has 0 aromatic heterocycles. The van der Waals surface area contributed by atoms with Crippen molar-refractivity contribution >= 4 is 35.1 Å². The van der Waals surface area contributed by atoms with Gasteiger partial charge >= 0.3 is 6.03 Å². The number of aliphatic hydroxyl groups is 1. The zero-order valence-corrected chi connectivity index (χ0v) is 12.3. The molecule has 2 N–H and O–H groups in total. The van der Waals surface area contributed by atoms with E-state index in [1.54, 1.807) is 11.0 Å². The highest BCUT2D eigenvalue weighted by Gasteiger charge is 2.22. The monoisotopic (exact) mass is 300 g/mol. The van der Waals surface area contributed by atoms with Gasteiger partial charge < -0.3 is 15.3 Å². The molecule has 0 unspecified atom stereocenters. The van der Waals surface area contributed by atoms with Crippen molar-refractivity contribution in [1.82, 2.24) is 4.90 Å². The van der Waals surface area contributed by atoms with Crippen molar-refractivity contribution in [1.29, 1.82) is 0 Å². The number of thioether (sulfide) groups is 1. The number of nitrogens with zero attached hydrogens (tertiary/aromatic N) is 1. The van der Waals surface area contributed by atoms with Gasteiger partial charge in [0.25, 0.3) is 0 Å². The molecule has 6 heteroatoms. The molecule has 0 aliphatic carbocycles. The Morgan fingerprint density at radius 1 is 1.58 bits per heavy atom. The molecular formula is C13H17ClN2O2S. The number of aliphatic hydroxyl groups excluding tert-OH is 1. The molecule has 2 rings (SSSR count). The van der Waals surface area contributed by atoms with Gasteiger partial charge in [-0.05, 0) is 31.2 Å². The summed E-state index contributed by atoms with van der Waals surface area (Å²) in [5.41, 5.74) is 0.713. The molecule has 4 nitrogen and oxygen atoms in total. The van der Waals surface area contributed by atoms with Crippen molar-refractivity contribution in [2.75, 3.05) is 24.7 Å². The van der Waals surface area contributed by atoms with Crippen LogP contribution < -0.4 is 5.32 Å². The zero-order chi connectivity index (χ0) is 13.8. The van der Waals surface area contributed by atoms with Crippen LogP contribution in [0, 0.1) is 0 Å². The van der Waals surface area contributed by atoms with Gasteiger partial charge in [0, 0.05) is 18.0 Å². The van der Waals surface area contributed by atoms with Crippen molar-refractivity contribution in [3.05, 3.63) is 23.2 Å². The van der Waals surface area contributed by atoms with Crippen LogP contribution in [0.3, 0.4) is 0 Å². The number of hydrogen-bond acceptors (Lipinski definition) is 3. The number of carbonyl (C=O) groups is 1. The maximum atomic E-state index is 12.1. The van der Waals surface area contributed by atoms with E-state index in [1.807, 2.05) is 18.4 Å². The smallest absolute Gasteiger partial charge is 0.321 e. The highest BCUT2D eigenvalue weighted by molar-refractivity contribution is 7.98. The highest BCUT2D eigenvalue weighted by atomic mass is 35.5. The normalized spacial score (nSPS) is 19.3. The molecule has 1 aromatic carbocycles. The number of anilines is 1. The third-order valence-electron chi connectivity index (χ3n) is 3.10. The highest BCUT2D eigenvalue weighted by Crippen LogP contribution is 2.32. The maximum absolute atomic E-state index is 12.1. The van der Waals surface area contributed by atoms with Crippen LogP contribution in [0.5, 0.6) is 0 Å². The van der Waals surface area contributed by atoms with Gasteiger partial charge in [-0.2, -0.15) is 0 Å². The summed E-state index contributed by atoms with van der Waals surface area (Å²) in [5.74, 6) is 0. The van der Waals surface area contributed by atoms with E-state index in [0.29, 0.717) is 23.8 Å². The first-order valence-corrected chi connectivity index (χ1v) is 7.78. The Morgan fingerprint density at radius 2 is 2.37 bits per heavy atom. The number of amides is 2. The van der Waals surface area contributed by atoms with Crippen molar-refractivity contribution < 1.29 is 9.90 Å². The fourth-order valence-corrected chi connectivity index (χ4v) is 3.16. The Hall–Kier alpha value is -0.910. The minimum absolute atomic E-state index is 0.184. The van der Waals surface area contributed by atoms with Gasteiger partial charge in [0.1, 0.15) is 0 Å². The van der Waals surface area contributed by atoms with Crippen molar-refractivity contribution in [3.8, 4) is 0 Å². The third-order valence-corrected chi connectivity index (χ3v) is 4.37. The van der Waals surface area contributed by atoms with E-state index in [4.69, 9.17) is 11.6 Å². The van der Waals surface area contributed by atoms with E-state index < -0.39 is 6.10 Å². The predicted octanol–water partition coefficient (Wildman–Crippen LogP) is 3.05. The number of rotatable bonds is 2. The van der Waals surface area contributed by atoms with Gasteiger partial charge in [-0.1, -0.05) is 17.7 Å². The van der Waals surface area contributed by atoms with Crippen molar-refractivity contribution in [3.63, 3.8) is 0 Å². The van der Waals surface area contributed by atoms with E-state index in [-0.39, 0.29) is 6.03 Å². The lowest BCUT2D eigenvalue weighted by Crippen LogP contribution is -2.44. The second kappa shape index (κ2) is 6.50. The molecule has 1 saturated heterocycles. The van der Waals surface area contributed by atoms with Gasteiger partial charge in [-0.3, -0.25) is 0 Å². The van der Waals surface area contributed by atoms with Gasteiger partial charge in [-0.25, -0.2) is 4.79 Å². The summed E-state index contributed by atoms with van der Waals surface area (Å²) in [4.78, 5) is 14.6. The standard InChI is InChI=1S/C13H17ClN2O2S/c1-19-12-10(14)5-2-6-11(12)15-13(18)16-7-3-4-9(17)8-16/h2,5-6,9,17H,3-4,7-8H2,1H3,(H,15,18)/t9-/m1/s1. The van der Waals surface area contributed by atoms with Crippen LogP contribution in [0.15, 0.2) is 23.1 Å². The number of halogens is 1. The molecule has 104 valence electrons. The lowest BCUT2D eigenvalue weighted by atomic mass is 10.1. The fourth-order valence-electron chi connectivity index (χ4n) is 2.15. The molecule has 19 heavy (non-hydrogen) atoms. The summed E-state index contributed by atoms with van der Waals surface area (Å²) >= 11 is 7.59.